The van der Waals surface area contributed by atoms with Crippen molar-refractivity contribution in [1.29, 1.82) is 0 Å². The van der Waals surface area contributed by atoms with E-state index in [4.69, 9.17) is 10.5 Å². The quantitative estimate of drug-likeness (QED) is 0.718. The van der Waals surface area contributed by atoms with E-state index in [-0.39, 0.29) is 10.6 Å². The molecule has 0 aliphatic carbocycles. The van der Waals surface area contributed by atoms with Gasteiger partial charge in [-0.15, -0.1) is 0 Å². The summed E-state index contributed by atoms with van der Waals surface area (Å²) in [5.74, 6) is 0.207. The van der Waals surface area contributed by atoms with Crippen LogP contribution in [0.3, 0.4) is 0 Å². The largest absolute Gasteiger partial charge is 0.495 e. The van der Waals surface area contributed by atoms with E-state index < -0.39 is 10.0 Å². The first-order valence-electron chi connectivity index (χ1n) is 5.75. The molecule has 2 aromatic carbocycles. The predicted molar refractivity (Wildman–Crippen MR) is 90.1 cm³/mol. The molecule has 0 atom stereocenters. The molecule has 0 unspecified atom stereocenters. The van der Waals surface area contributed by atoms with Gasteiger partial charge in [0.2, 0.25) is 0 Å². The van der Waals surface area contributed by atoms with Crippen molar-refractivity contribution in [2.24, 2.45) is 0 Å². The van der Waals surface area contributed by atoms with Crippen LogP contribution in [0, 0.1) is 0 Å². The molecule has 0 spiro atoms. The lowest BCUT2D eigenvalue weighted by molar-refractivity contribution is 0.402. The summed E-state index contributed by atoms with van der Waals surface area (Å²) in [5.41, 5.74) is 6.50. The number of methoxy groups -OCH3 is 1. The minimum Gasteiger partial charge on any atom is -0.495 e. The maximum Gasteiger partial charge on any atom is 0.265 e. The zero-order valence-electron chi connectivity index (χ0n) is 10.9. The molecule has 0 aliphatic heterocycles. The van der Waals surface area contributed by atoms with Gasteiger partial charge in [-0.2, -0.15) is 0 Å². The summed E-state index contributed by atoms with van der Waals surface area (Å²) < 4.78 is 33.9. The van der Waals surface area contributed by atoms with Crippen molar-refractivity contribution in [2.45, 2.75) is 4.90 Å². The molecule has 0 saturated heterocycles. The molecule has 112 valence electrons. The number of nitrogens with one attached hydrogen (secondary N) is 1. The summed E-state index contributed by atoms with van der Waals surface area (Å²) >= 11 is 6.53. The zero-order chi connectivity index (χ0) is 15.6. The van der Waals surface area contributed by atoms with Gasteiger partial charge in [-0.1, -0.05) is 22.0 Å². The first kappa shape index (κ1) is 16.1. The van der Waals surface area contributed by atoms with E-state index in [0.29, 0.717) is 15.8 Å². The second kappa shape index (κ2) is 6.25. The molecular weight excluding hydrogens is 424 g/mol. The molecule has 5 nitrogen and oxygen atoms in total. The highest BCUT2D eigenvalue weighted by Crippen LogP contribution is 2.33. The van der Waals surface area contributed by atoms with Crippen LogP contribution >= 0.6 is 31.9 Å². The number of halogens is 2. The Kier molecular flexibility index (Phi) is 4.80. The fraction of sp³-hybridized carbons (Fsp3) is 0.0769. The second-order valence-corrected chi connectivity index (χ2v) is 7.56. The number of nitrogens with two attached hydrogens (primary N) is 1. The van der Waals surface area contributed by atoms with Crippen molar-refractivity contribution in [1.82, 2.24) is 0 Å². The van der Waals surface area contributed by atoms with Gasteiger partial charge >= 0.3 is 0 Å². The number of nitrogen functional groups attached to an aromatic ring is 1. The van der Waals surface area contributed by atoms with Crippen LogP contribution in [-0.4, -0.2) is 15.5 Å². The topological polar surface area (TPSA) is 81.4 Å². The van der Waals surface area contributed by atoms with E-state index in [1.165, 1.54) is 19.2 Å². The average Bonchev–Trinajstić information content (AvgIpc) is 2.40. The summed E-state index contributed by atoms with van der Waals surface area (Å²) in [6.45, 7) is 0. The average molecular weight is 436 g/mol. The molecule has 0 saturated carbocycles. The van der Waals surface area contributed by atoms with Crippen LogP contribution < -0.4 is 15.2 Å². The molecule has 0 aliphatic rings. The third-order valence-electron chi connectivity index (χ3n) is 2.65. The number of benzene rings is 2. The first-order valence-corrected chi connectivity index (χ1v) is 8.82. The maximum atomic E-state index is 12.5. The summed E-state index contributed by atoms with van der Waals surface area (Å²) in [6, 6.07) is 9.71. The molecule has 0 amide bonds. The third-order valence-corrected chi connectivity index (χ3v) is 5.23. The van der Waals surface area contributed by atoms with Crippen LogP contribution in [0.4, 0.5) is 11.4 Å². The minimum atomic E-state index is -3.81. The fourth-order valence-corrected chi connectivity index (χ4v) is 3.64. The summed E-state index contributed by atoms with van der Waals surface area (Å²) in [6.07, 6.45) is 0. The lowest BCUT2D eigenvalue weighted by Gasteiger charge is -2.13. The normalized spacial score (nSPS) is 11.2. The van der Waals surface area contributed by atoms with Gasteiger partial charge in [0.1, 0.15) is 10.6 Å². The molecule has 21 heavy (non-hydrogen) atoms. The number of hydrogen-bond donors (Lipinski definition) is 2. The second-order valence-electron chi connectivity index (χ2n) is 4.14. The van der Waals surface area contributed by atoms with Crippen LogP contribution in [0.2, 0.25) is 0 Å². The van der Waals surface area contributed by atoms with Crippen molar-refractivity contribution >= 4 is 53.3 Å². The maximum absolute atomic E-state index is 12.5. The Morgan fingerprint density at radius 3 is 2.52 bits per heavy atom. The van der Waals surface area contributed by atoms with Gasteiger partial charge in [0, 0.05) is 20.3 Å². The first-order chi connectivity index (χ1) is 9.83. The summed E-state index contributed by atoms with van der Waals surface area (Å²) in [7, 11) is -2.41. The molecule has 2 aromatic rings. The van der Waals surface area contributed by atoms with Crippen LogP contribution in [0.15, 0.2) is 50.2 Å². The van der Waals surface area contributed by atoms with Crippen LogP contribution in [0.5, 0.6) is 5.75 Å². The monoisotopic (exact) mass is 434 g/mol. The number of anilines is 2. The zero-order valence-corrected chi connectivity index (χ0v) is 14.9. The Labute approximate surface area is 139 Å². The van der Waals surface area contributed by atoms with E-state index in [2.05, 4.69) is 36.6 Å². The Bertz CT molecular complexity index is 779. The van der Waals surface area contributed by atoms with Gasteiger partial charge in [0.05, 0.1) is 7.11 Å². The molecule has 0 heterocycles. The van der Waals surface area contributed by atoms with E-state index in [9.17, 15) is 8.42 Å². The standard InChI is InChI=1S/C13H12Br2N2O3S/c1-20-12-6-10(15)11(16)7-13(12)21(18,19)17-9-4-2-3-8(14)5-9/h2-7,17H,16H2,1H3. The van der Waals surface area contributed by atoms with Gasteiger partial charge in [-0.25, -0.2) is 8.42 Å². The SMILES string of the molecule is COc1cc(Br)c(N)cc1S(=O)(=O)Nc1cccc(Br)c1. The molecular formula is C13H12Br2N2O3S. The number of hydrogen-bond acceptors (Lipinski definition) is 4. The lowest BCUT2D eigenvalue weighted by Crippen LogP contribution is -2.14. The van der Waals surface area contributed by atoms with E-state index in [1.54, 1.807) is 24.3 Å². The fourth-order valence-electron chi connectivity index (χ4n) is 1.68. The predicted octanol–water partition coefficient (Wildman–Crippen LogP) is 3.60. The third kappa shape index (κ3) is 3.69. The lowest BCUT2D eigenvalue weighted by atomic mass is 10.3. The highest BCUT2D eigenvalue weighted by molar-refractivity contribution is 9.10. The van der Waals surface area contributed by atoms with E-state index in [0.717, 1.165) is 4.47 Å². The number of rotatable bonds is 4. The molecule has 0 radical (unpaired) electrons. The van der Waals surface area contributed by atoms with Crippen molar-refractivity contribution in [3.63, 3.8) is 0 Å². The minimum absolute atomic E-state index is 0.0225. The van der Waals surface area contributed by atoms with Gasteiger partial charge in [0.25, 0.3) is 10.0 Å². The molecule has 0 bridgehead atoms. The van der Waals surface area contributed by atoms with Crippen LogP contribution in [0.25, 0.3) is 0 Å². The van der Waals surface area contributed by atoms with Gasteiger partial charge in [-0.3, -0.25) is 4.72 Å². The number of sulfonamides is 1. The Balaban J connectivity index is 2.47. The summed E-state index contributed by atoms with van der Waals surface area (Å²) in [5, 5.41) is 0. The van der Waals surface area contributed by atoms with Crippen molar-refractivity contribution in [2.75, 3.05) is 17.6 Å². The summed E-state index contributed by atoms with van der Waals surface area (Å²) in [4.78, 5) is -0.0225. The van der Waals surface area contributed by atoms with Gasteiger partial charge in [-0.05, 0) is 46.3 Å². The Morgan fingerprint density at radius 1 is 1.19 bits per heavy atom. The highest BCUT2D eigenvalue weighted by atomic mass is 79.9. The molecule has 0 fully saturated rings. The van der Waals surface area contributed by atoms with E-state index in [1.807, 2.05) is 0 Å². The molecule has 0 aromatic heterocycles. The number of ether oxygens (including phenoxy) is 1. The smallest absolute Gasteiger partial charge is 0.265 e. The van der Waals surface area contributed by atoms with Gasteiger partial charge in [0.15, 0.2) is 0 Å². The van der Waals surface area contributed by atoms with Crippen LogP contribution in [-0.2, 0) is 10.0 Å². The van der Waals surface area contributed by atoms with Crippen molar-refractivity contribution in [3.8, 4) is 5.75 Å². The van der Waals surface area contributed by atoms with Crippen molar-refractivity contribution in [3.05, 3.63) is 45.3 Å². The van der Waals surface area contributed by atoms with Gasteiger partial charge < -0.3 is 10.5 Å². The molecule has 3 N–H and O–H groups in total. The highest BCUT2D eigenvalue weighted by Gasteiger charge is 2.21. The molecule has 2 rings (SSSR count). The van der Waals surface area contributed by atoms with E-state index >= 15 is 0 Å². The molecule has 8 heteroatoms. The van der Waals surface area contributed by atoms with Crippen molar-refractivity contribution < 1.29 is 13.2 Å². The Morgan fingerprint density at radius 2 is 1.90 bits per heavy atom. The Hall–Kier alpha value is -1.25. The van der Waals surface area contributed by atoms with Crippen LogP contribution in [0.1, 0.15) is 0 Å².